The maximum atomic E-state index is 12.4. The van der Waals surface area contributed by atoms with E-state index in [-0.39, 0.29) is 18.2 Å². The van der Waals surface area contributed by atoms with E-state index >= 15 is 0 Å². The molecule has 0 bridgehead atoms. The van der Waals surface area contributed by atoms with Crippen molar-refractivity contribution in [1.29, 1.82) is 0 Å². The molecule has 26 heavy (non-hydrogen) atoms. The van der Waals surface area contributed by atoms with Crippen molar-refractivity contribution in [2.24, 2.45) is 7.05 Å². The van der Waals surface area contributed by atoms with Crippen molar-refractivity contribution in [1.82, 2.24) is 20.1 Å². The summed E-state index contributed by atoms with van der Waals surface area (Å²) in [4.78, 5) is 16.6. The summed E-state index contributed by atoms with van der Waals surface area (Å²) < 4.78 is 7.43. The second-order valence-corrected chi connectivity index (χ2v) is 6.26. The van der Waals surface area contributed by atoms with Crippen molar-refractivity contribution in [3.63, 3.8) is 0 Å². The van der Waals surface area contributed by atoms with Gasteiger partial charge < -0.3 is 15.4 Å². The lowest BCUT2D eigenvalue weighted by Gasteiger charge is -2.17. The Labute approximate surface area is 151 Å². The molecule has 0 saturated heterocycles. The Morgan fingerprint density at radius 2 is 1.92 bits per heavy atom. The largest absolute Gasteiger partial charge is 0.488 e. The first-order valence-corrected chi connectivity index (χ1v) is 8.39. The van der Waals surface area contributed by atoms with Crippen LogP contribution in [0.3, 0.4) is 0 Å². The van der Waals surface area contributed by atoms with Crippen LogP contribution in [0.5, 0.6) is 5.75 Å². The maximum absolute atomic E-state index is 12.4. The average molecular weight is 349 g/mol. The standard InChI is InChI=1S/C19H19N5O2/c1-12-17(15-5-3-4-6-16(15)26-12)22-19(25)21-14-9-7-13(8-10-14)18-20-11-24(2)23-18/h3-12,17H,1-2H3,(H2,21,22,25)/t12-,17+/m0/s1. The fourth-order valence-electron chi connectivity index (χ4n) is 3.04. The Hall–Kier alpha value is -3.35. The average Bonchev–Trinajstić information content (AvgIpc) is 3.19. The van der Waals surface area contributed by atoms with Crippen LogP contribution in [-0.2, 0) is 7.05 Å². The number of carbonyl (C=O) groups excluding carboxylic acids is 1. The van der Waals surface area contributed by atoms with Gasteiger partial charge in [-0.05, 0) is 37.3 Å². The number of para-hydroxylation sites is 1. The number of aromatic nitrogens is 3. The highest BCUT2D eigenvalue weighted by molar-refractivity contribution is 5.90. The van der Waals surface area contributed by atoms with Gasteiger partial charge in [0, 0.05) is 23.9 Å². The number of ether oxygens (including phenoxy) is 1. The Bertz CT molecular complexity index is 935. The Morgan fingerprint density at radius 3 is 2.65 bits per heavy atom. The molecule has 2 aromatic carbocycles. The first-order valence-electron chi connectivity index (χ1n) is 8.39. The number of carbonyl (C=O) groups is 1. The zero-order chi connectivity index (χ0) is 18.1. The highest BCUT2D eigenvalue weighted by Gasteiger charge is 2.31. The summed E-state index contributed by atoms with van der Waals surface area (Å²) in [6.07, 6.45) is 1.54. The van der Waals surface area contributed by atoms with Gasteiger partial charge in [-0.2, -0.15) is 5.10 Å². The van der Waals surface area contributed by atoms with Crippen molar-refractivity contribution in [2.75, 3.05) is 5.32 Å². The molecule has 2 heterocycles. The molecule has 2 amide bonds. The monoisotopic (exact) mass is 349 g/mol. The van der Waals surface area contributed by atoms with E-state index in [4.69, 9.17) is 4.74 Å². The lowest BCUT2D eigenvalue weighted by atomic mass is 10.1. The minimum absolute atomic E-state index is 0.115. The molecule has 0 radical (unpaired) electrons. The van der Waals surface area contributed by atoms with E-state index < -0.39 is 0 Å². The van der Waals surface area contributed by atoms with E-state index in [0.29, 0.717) is 11.5 Å². The summed E-state index contributed by atoms with van der Waals surface area (Å²) in [7, 11) is 1.82. The van der Waals surface area contributed by atoms with Crippen LogP contribution < -0.4 is 15.4 Å². The predicted molar refractivity (Wildman–Crippen MR) is 97.9 cm³/mol. The van der Waals surface area contributed by atoms with Crippen LogP contribution in [0.1, 0.15) is 18.5 Å². The zero-order valence-corrected chi connectivity index (χ0v) is 14.5. The zero-order valence-electron chi connectivity index (χ0n) is 14.5. The molecule has 132 valence electrons. The molecular weight excluding hydrogens is 330 g/mol. The number of fused-ring (bicyclic) bond motifs is 1. The molecule has 7 nitrogen and oxygen atoms in total. The molecule has 1 aliphatic rings. The summed E-state index contributed by atoms with van der Waals surface area (Å²) in [6.45, 7) is 1.94. The van der Waals surface area contributed by atoms with Gasteiger partial charge in [0.1, 0.15) is 18.2 Å². The first-order chi connectivity index (χ1) is 12.6. The number of benzene rings is 2. The molecule has 0 unspecified atom stereocenters. The molecule has 0 fully saturated rings. The van der Waals surface area contributed by atoms with Crippen LogP contribution in [0.15, 0.2) is 54.9 Å². The molecule has 0 aliphatic carbocycles. The number of rotatable bonds is 3. The smallest absolute Gasteiger partial charge is 0.319 e. The van der Waals surface area contributed by atoms with E-state index in [1.54, 1.807) is 11.0 Å². The van der Waals surface area contributed by atoms with Gasteiger partial charge in [-0.25, -0.2) is 9.78 Å². The SMILES string of the molecule is C[C@@H]1Oc2ccccc2[C@@H]1NC(=O)Nc1ccc(-c2ncn(C)n2)cc1. The third kappa shape index (κ3) is 3.11. The quantitative estimate of drug-likeness (QED) is 0.761. The minimum Gasteiger partial charge on any atom is -0.488 e. The Kier molecular flexibility index (Phi) is 4.04. The van der Waals surface area contributed by atoms with Crippen LogP contribution in [0.2, 0.25) is 0 Å². The summed E-state index contributed by atoms with van der Waals surface area (Å²) in [5.41, 5.74) is 2.58. The summed E-state index contributed by atoms with van der Waals surface area (Å²) >= 11 is 0. The van der Waals surface area contributed by atoms with E-state index in [1.165, 1.54) is 0 Å². The van der Waals surface area contributed by atoms with Gasteiger partial charge in [0.05, 0.1) is 6.04 Å². The van der Waals surface area contributed by atoms with Crippen LogP contribution in [0.25, 0.3) is 11.4 Å². The second-order valence-electron chi connectivity index (χ2n) is 6.26. The number of urea groups is 1. The lowest BCUT2D eigenvalue weighted by Crippen LogP contribution is -2.36. The van der Waals surface area contributed by atoms with Gasteiger partial charge in [-0.3, -0.25) is 4.68 Å². The topological polar surface area (TPSA) is 81.1 Å². The molecule has 4 rings (SSSR count). The molecule has 3 aromatic rings. The number of hydrogen-bond donors (Lipinski definition) is 2. The van der Waals surface area contributed by atoms with Gasteiger partial charge >= 0.3 is 6.03 Å². The van der Waals surface area contributed by atoms with Crippen LogP contribution >= 0.6 is 0 Å². The predicted octanol–water partition coefficient (Wildman–Crippen LogP) is 3.13. The number of hydrogen-bond acceptors (Lipinski definition) is 4. The van der Waals surface area contributed by atoms with Crippen molar-refractivity contribution in [2.45, 2.75) is 19.1 Å². The highest BCUT2D eigenvalue weighted by atomic mass is 16.5. The summed E-state index contributed by atoms with van der Waals surface area (Å²) in [5.74, 6) is 1.47. The molecule has 2 N–H and O–H groups in total. The summed E-state index contributed by atoms with van der Waals surface area (Å²) in [6, 6.07) is 14.7. The second kappa shape index (κ2) is 6.51. The summed E-state index contributed by atoms with van der Waals surface area (Å²) in [5, 5.41) is 10.1. The molecule has 0 spiro atoms. The van der Waals surface area contributed by atoms with Gasteiger partial charge in [-0.1, -0.05) is 18.2 Å². The fraction of sp³-hybridized carbons (Fsp3) is 0.211. The molecule has 1 aliphatic heterocycles. The van der Waals surface area contributed by atoms with E-state index in [1.807, 2.05) is 62.5 Å². The molecule has 7 heteroatoms. The third-order valence-electron chi connectivity index (χ3n) is 4.32. The van der Waals surface area contributed by atoms with Crippen LogP contribution in [0.4, 0.5) is 10.5 Å². The van der Waals surface area contributed by atoms with Gasteiger partial charge in [0.15, 0.2) is 5.82 Å². The van der Waals surface area contributed by atoms with E-state index in [2.05, 4.69) is 20.7 Å². The van der Waals surface area contributed by atoms with Gasteiger partial charge in [-0.15, -0.1) is 0 Å². The van der Waals surface area contributed by atoms with Gasteiger partial charge in [0.25, 0.3) is 0 Å². The number of nitrogens with zero attached hydrogens (tertiary/aromatic N) is 3. The van der Waals surface area contributed by atoms with Crippen molar-refractivity contribution in [3.05, 3.63) is 60.4 Å². The maximum Gasteiger partial charge on any atom is 0.319 e. The van der Waals surface area contributed by atoms with E-state index in [0.717, 1.165) is 16.9 Å². The number of nitrogens with one attached hydrogen (secondary N) is 2. The van der Waals surface area contributed by atoms with Crippen molar-refractivity contribution >= 4 is 11.7 Å². The van der Waals surface area contributed by atoms with Crippen molar-refractivity contribution < 1.29 is 9.53 Å². The third-order valence-corrected chi connectivity index (χ3v) is 4.32. The first kappa shape index (κ1) is 16.1. The molecular formula is C19H19N5O2. The minimum atomic E-state index is -0.272. The normalized spacial score (nSPS) is 18.1. The molecule has 1 aromatic heterocycles. The Morgan fingerprint density at radius 1 is 1.15 bits per heavy atom. The number of amides is 2. The lowest BCUT2D eigenvalue weighted by molar-refractivity contribution is 0.204. The van der Waals surface area contributed by atoms with E-state index in [9.17, 15) is 4.79 Å². The van der Waals surface area contributed by atoms with Crippen molar-refractivity contribution in [3.8, 4) is 17.1 Å². The molecule has 2 atom stereocenters. The number of aryl methyl sites for hydroxylation is 1. The Balaban J connectivity index is 1.42. The fourth-order valence-corrected chi connectivity index (χ4v) is 3.04. The highest BCUT2D eigenvalue weighted by Crippen LogP contribution is 2.36. The van der Waals surface area contributed by atoms with Crippen LogP contribution in [0, 0.1) is 0 Å². The van der Waals surface area contributed by atoms with Crippen LogP contribution in [-0.4, -0.2) is 26.9 Å². The van der Waals surface area contributed by atoms with Gasteiger partial charge in [0.2, 0.25) is 0 Å². The molecule has 0 saturated carbocycles. The number of anilines is 1.